The molecule has 0 aliphatic rings. The first-order valence-corrected chi connectivity index (χ1v) is 7.29. The van der Waals surface area contributed by atoms with Crippen molar-refractivity contribution < 1.29 is 4.79 Å². The molecule has 0 aliphatic heterocycles. The molecule has 3 aromatic heterocycles. The third-order valence-corrected chi connectivity index (χ3v) is 3.80. The monoisotopic (exact) mass is 316 g/mol. The largest absolute Gasteiger partial charge is 0.345 e. The number of nitrogens with zero attached hydrogens (tertiary/aromatic N) is 4. The lowest BCUT2D eigenvalue weighted by Crippen LogP contribution is -2.23. The Balaban J connectivity index is 1.81. The summed E-state index contributed by atoms with van der Waals surface area (Å²) in [5.41, 5.74) is 0.753. The van der Waals surface area contributed by atoms with Gasteiger partial charge in [0.25, 0.3) is 11.5 Å². The van der Waals surface area contributed by atoms with E-state index in [0.717, 1.165) is 5.01 Å². The Labute approximate surface area is 128 Å². The molecule has 0 saturated heterocycles. The van der Waals surface area contributed by atoms with Gasteiger partial charge in [-0.2, -0.15) is 5.10 Å². The third kappa shape index (κ3) is 2.79. The smallest absolute Gasteiger partial charge is 0.255 e. The second-order valence-corrected chi connectivity index (χ2v) is 5.41. The van der Waals surface area contributed by atoms with Gasteiger partial charge in [0.1, 0.15) is 5.01 Å². The Morgan fingerprint density at radius 1 is 1.45 bits per heavy atom. The number of amides is 1. The molecule has 9 heteroatoms. The van der Waals surface area contributed by atoms with Crippen molar-refractivity contribution in [2.24, 2.45) is 0 Å². The van der Waals surface area contributed by atoms with E-state index in [2.05, 4.69) is 25.4 Å². The van der Waals surface area contributed by atoms with Gasteiger partial charge >= 0.3 is 0 Å². The highest BCUT2D eigenvalue weighted by Crippen LogP contribution is 2.11. The zero-order valence-electron chi connectivity index (χ0n) is 11.6. The van der Waals surface area contributed by atoms with Gasteiger partial charge in [-0.05, 0) is 6.92 Å². The minimum absolute atomic E-state index is 0.246. The van der Waals surface area contributed by atoms with Gasteiger partial charge < -0.3 is 10.3 Å². The molecule has 3 heterocycles. The summed E-state index contributed by atoms with van der Waals surface area (Å²) in [5, 5.41) is 9.59. The third-order valence-electron chi connectivity index (χ3n) is 3.02. The highest BCUT2D eigenvalue weighted by atomic mass is 32.1. The van der Waals surface area contributed by atoms with Crippen LogP contribution in [-0.2, 0) is 6.54 Å². The first-order chi connectivity index (χ1) is 10.6. The van der Waals surface area contributed by atoms with Crippen LogP contribution in [0.3, 0.4) is 0 Å². The van der Waals surface area contributed by atoms with Crippen molar-refractivity contribution in [3.63, 3.8) is 0 Å². The van der Waals surface area contributed by atoms with Crippen LogP contribution in [0.2, 0.25) is 0 Å². The molecule has 1 amide bonds. The van der Waals surface area contributed by atoms with Crippen molar-refractivity contribution in [2.45, 2.75) is 13.5 Å². The van der Waals surface area contributed by atoms with Crippen LogP contribution in [0.15, 0.2) is 35.0 Å². The second-order valence-electron chi connectivity index (χ2n) is 4.43. The van der Waals surface area contributed by atoms with E-state index in [9.17, 15) is 9.59 Å². The molecule has 0 aliphatic carbocycles. The van der Waals surface area contributed by atoms with Crippen LogP contribution in [0.1, 0.15) is 21.1 Å². The van der Waals surface area contributed by atoms with Crippen LogP contribution in [-0.4, -0.2) is 30.6 Å². The highest BCUT2D eigenvalue weighted by Gasteiger charge is 2.16. The van der Waals surface area contributed by atoms with Crippen molar-refractivity contribution >= 4 is 17.2 Å². The van der Waals surface area contributed by atoms with Crippen molar-refractivity contribution in [1.82, 2.24) is 30.0 Å². The maximum absolute atomic E-state index is 12.2. The van der Waals surface area contributed by atoms with Crippen molar-refractivity contribution in [1.29, 1.82) is 0 Å². The normalized spacial score (nSPS) is 10.6. The van der Waals surface area contributed by atoms with Gasteiger partial charge in [-0.3, -0.25) is 9.59 Å². The van der Waals surface area contributed by atoms with Crippen LogP contribution in [0.5, 0.6) is 0 Å². The molecular weight excluding hydrogens is 304 g/mol. The number of thiazole rings is 1. The van der Waals surface area contributed by atoms with E-state index in [1.165, 1.54) is 34.6 Å². The zero-order chi connectivity index (χ0) is 15.5. The van der Waals surface area contributed by atoms with E-state index in [0.29, 0.717) is 23.6 Å². The molecule has 0 saturated carbocycles. The van der Waals surface area contributed by atoms with Crippen molar-refractivity contribution in [3.05, 3.63) is 56.8 Å². The summed E-state index contributed by atoms with van der Waals surface area (Å²) in [7, 11) is 0. The van der Waals surface area contributed by atoms with Crippen LogP contribution in [0, 0.1) is 6.92 Å². The fourth-order valence-electron chi connectivity index (χ4n) is 1.93. The summed E-state index contributed by atoms with van der Waals surface area (Å²) in [6, 6.07) is 1.32. The Morgan fingerprint density at radius 2 is 2.32 bits per heavy atom. The van der Waals surface area contributed by atoms with Gasteiger partial charge in [0.05, 0.1) is 30.3 Å². The van der Waals surface area contributed by atoms with E-state index >= 15 is 0 Å². The quantitative estimate of drug-likeness (QED) is 0.735. The average Bonchev–Trinajstić information content (AvgIpc) is 3.14. The molecule has 0 radical (unpaired) electrons. The zero-order valence-corrected chi connectivity index (χ0v) is 12.4. The van der Waals surface area contributed by atoms with E-state index < -0.39 is 0 Å². The molecule has 0 spiro atoms. The number of hydrogen-bond donors (Lipinski definition) is 2. The fourth-order valence-corrected chi connectivity index (χ4v) is 2.48. The SMILES string of the molecule is Cc1c(C(=O)NCc2nccs2)cnn1-c1cc(=O)[nH]cn1. The molecule has 22 heavy (non-hydrogen) atoms. The minimum atomic E-state index is -0.283. The first-order valence-electron chi connectivity index (χ1n) is 6.41. The van der Waals surface area contributed by atoms with Crippen LogP contribution in [0.25, 0.3) is 5.82 Å². The lowest BCUT2D eigenvalue weighted by Gasteiger charge is -2.04. The number of hydrogen-bond acceptors (Lipinski definition) is 6. The van der Waals surface area contributed by atoms with E-state index in [-0.39, 0.29) is 11.5 Å². The van der Waals surface area contributed by atoms with Gasteiger partial charge in [0.2, 0.25) is 0 Å². The molecule has 8 nitrogen and oxygen atoms in total. The molecule has 2 N–H and O–H groups in total. The highest BCUT2D eigenvalue weighted by molar-refractivity contribution is 7.09. The molecule has 0 bridgehead atoms. The number of carbonyl (C=O) groups excluding carboxylic acids is 1. The lowest BCUT2D eigenvalue weighted by atomic mass is 10.2. The molecule has 3 rings (SSSR count). The minimum Gasteiger partial charge on any atom is -0.345 e. The van der Waals surface area contributed by atoms with Gasteiger partial charge in [-0.1, -0.05) is 0 Å². The molecule has 0 unspecified atom stereocenters. The maximum atomic E-state index is 12.2. The van der Waals surface area contributed by atoms with Gasteiger partial charge in [-0.25, -0.2) is 14.6 Å². The molecule has 0 atom stereocenters. The Hall–Kier alpha value is -2.81. The summed E-state index contributed by atoms with van der Waals surface area (Å²) in [4.78, 5) is 34.1. The fraction of sp³-hybridized carbons (Fsp3) is 0.154. The maximum Gasteiger partial charge on any atom is 0.255 e. The van der Waals surface area contributed by atoms with Gasteiger partial charge in [0, 0.05) is 17.6 Å². The number of H-pyrrole nitrogens is 1. The molecule has 3 aromatic rings. The number of aromatic nitrogens is 5. The number of aromatic amines is 1. The lowest BCUT2D eigenvalue weighted by molar-refractivity contribution is 0.0950. The van der Waals surface area contributed by atoms with Crippen molar-refractivity contribution in [3.8, 4) is 5.82 Å². The molecule has 112 valence electrons. The molecule has 0 aromatic carbocycles. The number of carbonyl (C=O) groups is 1. The topological polar surface area (TPSA) is 106 Å². The number of rotatable bonds is 4. The van der Waals surface area contributed by atoms with Gasteiger partial charge in [0.15, 0.2) is 5.82 Å². The van der Waals surface area contributed by atoms with Crippen LogP contribution >= 0.6 is 11.3 Å². The standard InChI is InChI=1S/C13H12N6O2S/c1-8-9(13(21)15-6-12-14-2-3-22-12)5-18-19(8)10-4-11(20)17-7-16-10/h2-5,7H,6H2,1H3,(H,15,21)(H,16,17,20). The summed E-state index contributed by atoms with van der Waals surface area (Å²) >= 11 is 1.47. The van der Waals surface area contributed by atoms with E-state index in [4.69, 9.17) is 0 Å². The van der Waals surface area contributed by atoms with E-state index in [1.807, 2.05) is 5.38 Å². The Kier molecular flexibility index (Phi) is 3.79. The van der Waals surface area contributed by atoms with Crippen LogP contribution in [0.4, 0.5) is 0 Å². The Morgan fingerprint density at radius 3 is 3.05 bits per heavy atom. The summed E-state index contributed by atoms with van der Waals surface area (Å²) in [6.45, 7) is 2.11. The summed E-state index contributed by atoms with van der Waals surface area (Å²) < 4.78 is 1.45. The summed E-state index contributed by atoms with van der Waals surface area (Å²) in [5.74, 6) is 0.115. The molecular formula is C13H12N6O2S. The predicted octanol–water partition coefficient (Wildman–Crippen LogP) is 0.651. The predicted molar refractivity (Wildman–Crippen MR) is 80.0 cm³/mol. The van der Waals surface area contributed by atoms with Crippen molar-refractivity contribution in [2.75, 3.05) is 0 Å². The Bertz CT molecular complexity index is 852. The first kappa shape index (κ1) is 14.1. The number of nitrogens with one attached hydrogen (secondary N) is 2. The second kappa shape index (κ2) is 5.90. The van der Waals surface area contributed by atoms with Crippen LogP contribution < -0.4 is 10.9 Å². The summed E-state index contributed by atoms with van der Waals surface area (Å²) in [6.07, 6.45) is 4.43. The van der Waals surface area contributed by atoms with E-state index in [1.54, 1.807) is 13.1 Å². The van der Waals surface area contributed by atoms with Gasteiger partial charge in [-0.15, -0.1) is 11.3 Å². The molecule has 0 fully saturated rings. The average molecular weight is 316 g/mol.